The lowest BCUT2D eigenvalue weighted by molar-refractivity contribution is 0.0525. The van der Waals surface area contributed by atoms with Crippen molar-refractivity contribution >= 4 is 5.91 Å². The number of carbonyl (C=O) groups excluding carboxylic acids is 1. The van der Waals surface area contributed by atoms with Gasteiger partial charge in [0.15, 0.2) is 11.5 Å². The van der Waals surface area contributed by atoms with Crippen molar-refractivity contribution < 1.29 is 19.0 Å². The Balaban J connectivity index is 1.72. The zero-order valence-corrected chi connectivity index (χ0v) is 16.6. The van der Waals surface area contributed by atoms with E-state index in [1.54, 1.807) is 23.1 Å². The van der Waals surface area contributed by atoms with Crippen molar-refractivity contribution in [1.29, 1.82) is 5.26 Å². The second-order valence-electron chi connectivity index (χ2n) is 6.48. The molecule has 1 atom stereocenters. The molecule has 3 rings (SSSR count). The Kier molecular flexibility index (Phi) is 6.85. The lowest BCUT2D eigenvalue weighted by Gasteiger charge is -2.32. The van der Waals surface area contributed by atoms with Crippen LogP contribution in [0, 0.1) is 11.3 Å². The summed E-state index contributed by atoms with van der Waals surface area (Å²) in [7, 11) is 0. The number of nitrogens with zero attached hydrogens (tertiary/aromatic N) is 4. The standard InChI is InChI=1S/C21H24N4O4/c1-3-27-18-8-7-15(12-19(18)28-4-2)21(26)25-11-5-6-16(14-25)29-20-17(13-22)23-9-10-24-20/h7-10,12,16H,3-6,11,14H2,1-2H3/t16-/m1/s1. The maximum absolute atomic E-state index is 13.0. The number of carbonyl (C=O) groups is 1. The third-order valence-corrected chi connectivity index (χ3v) is 4.50. The fraction of sp³-hybridized carbons (Fsp3) is 0.429. The molecule has 0 unspecified atom stereocenters. The van der Waals surface area contributed by atoms with Gasteiger partial charge in [0.1, 0.15) is 12.2 Å². The minimum absolute atomic E-state index is 0.0954. The van der Waals surface area contributed by atoms with E-state index in [4.69, 9.17) is 19.5 Å². The van der Waals surface area contributed by atoms with Crippen LogP contribution in [0.15, 0.2) is 30.6 Å². The zero-order valence-electron chi connectivity index (χ0n) is 16.6. The van der Waals surface area contributed by atoms with E-state index in [-0.39, 0.29) is 23.6 Å². The van der Waals surface area contributed by atoms with Gasteiger partial charge in [-0.25, -0.2) is 9.97 Å². The summed E-state index contributed by atoms with van der Waals surface area (Å²) in [6, 6.07) is 7.20. The normalized spacial score (nSPS) is 16.0. The van der Waals surface area contributed by atoms with Crippen LogP contribution in [0.5, 0.6) is 17.4 Å². The van der Waals surface area contributed by atoms with Gasteiger partial charge in [-0.2, -0.15) is 5.26 Å². The van der Waals surface area contributed by atoms with Crippen molar-refractivity contribution in [3.05, 3.63) is 41.9 Å². The van der Waals surface area contributed by atoms with Crippen LogP contribution in [0.2, 0.25) is 0 Å². The number of nitriles is 1. The maximum Gasteiger partial charge on any atom is 0.254 e. The number of rotatable bonds is 7. The van der Waals surface area contributed by atoms with Crippen molar-refractivity contribution in [2.24, 2.45) is 0 Å². The summed E-state index contributed by atoms with van der Waals surface area (Å²) in [4.78, 5) is 22.8. The highest BCUT2D eigenvalue weighted by Gasteiger charge is 2.27. The molecule has 0 spiro atoms. The van der Waals surface area contributed by atoms with Crippen molar-refractivity contribution in [3.8, 4) is 23.4 Å². The summed E-state index contributed by atoms with van der Waals surface area (Å²) in [5, 5.41) is 9.15. The second kappa shape index (κ2) is 9.73. The minimum atomic E-state index is -0.245. The monoisotopic (exact) mass is 396 g/mol. The molecule has 0 aliphatic carbocycles. The molecule has 8 nitrogen and oxygen atoms in total. The molecule has 0 radical (unpaired) electrons. The Morgan fingerprint density at radius 1 is 1.21 bits per heavy atom. The van der Waals surface area contributed by atoms with E-state index in [1.807, 2.05) is 19.9 Å². The average molecular weight is 396 g/mol. The Morgan fingerprint density at radius 3 is 2.72 bits per heavy atom. The van der Waals surface area contributed by atoms with Crippen LogP contribution < -0.4 is 14.2 Å². The largest absolute Gasteiger partial charge is 0.490 e. The number of aromatic nitrogens is 2. The summed E-state index contributed by atoms with van der Waals surface area (Å²) < 4.78 is 17.1. The molecule has 0 N–H and O–H groups in total. The lowest BCUT2D eigenvalue weighted by atomic mass is 10.1. The van der Waals surface area contributed by atoms with Crippen LogP contribution in [0.4, 0.5) is 0 Å². The Hall–Kier alpha value is -3.34. The number of benzene rings is 1. The highest BCUT2D eigenvalue weighted by Crippen LogP contribution is 2.29. The smallest absolute Gasteiger partial charge is 0.254 e. The SMILES string of the molecule is CCOc1ccc(C(=O)N2CCC[C@@H](Oc3nccnc3C#N)C2)cc1OCC. The molecule has 1 aromatic heterocycles. The number of hydrogen-bond acceptors (Lipinski definition) is 7. The highest BCUT2D eigenvalue weighted by atomic mass is 16.5. The molecular formula is C21H24N4O4. The molecule has 0 bridgehead atoms. The quantitative estimate of drug-likeness (QED) is 0.710. The first-order chi connectivity index (χ1) is 14.2. The molecule has 0 saturated carbocycles. The fourth-order valence-corrected chi connectivity index (χ4v) is 3.23. The maximum atomic E-state index is 13.0. The highest BCUT2D eigenvalue weighted by molar-refractivity contribution is 5.95. The van der Waals surface area contributed by atoms with Crippen molar-refractivity contribution in [1.82, 2.24) is 14.9 Å². The van der Waals surface area contributed by atoms with Crippen LogP contribution in [0.3, 0.4) is 0 Å². The van der Waals surface area contributed by atoms with Crippen molar-refractivity contribution in [2.75, 3.05) is 26.3 Å². The van der Waals surface area contributed by atoms with E-state index < -0.39 is 0 Å². The number of ether oxygens (including phenoxy) is 3. The molecule has 2 aromatic rings. The van der Waals surface area contributed by atoms with Gasteiger partial charge in [0.25, 0.3) is 11.8 Å². The molecule has 8 heteroatoms. The molecular weight excluding hydrogens is 372 g/mol. The Bertz CT molecular complexity index is 896. The first-order valence-electron chi connectivity index (χ1n) is 9.72. The predicted molar refractivity (Wildman–Crippen MR) is 105 cm³/mol. The van der Waals surface area contributed by atoms with Crippen LogP contribution >= 0.6 is 0 Å². The van der Waals surface area contributed by atoms with E-state index in [2.05, 4.69) is 9.97 Å². The number of amides is 1. The molecule has 1 aromatic carbocycles. The van der Waals surface area contributed by atoms with Gasteiger partial charge in [-0.05, 0) is 44.9 Å². The third kappa shape index (κ3) is 4.93. The predicted octanol–water partition coefficient (Wildman–Crippen LogP) is 2.83. The number of piperidine rings is 1. The molecule has 1 aliphatic rings. The van der Waals surface area contributed by atoms with Crippen LogP contribution in [0.1, 0.15) is 42.7 Å². The van der Waals surface area contributed by atoms with Gasteiger partial charge in [0, 0.05) is 24.5 Å². The van der Waals surface area contributed by atoms with Crippen molar-refractivity contribution in [2.45, 2.75) is 32.8 Å². The fourth-order valence-electron chi connectivity index (χ4n) is 3.23. The van der Waals surface area contributed by atoms with E-state index in [9.17, 15) is 4.79 Å². The van der Waals surface area contributed by atoms with Crippen LogP contribution in [0.25, 0.3) is 0 Å². The third-order valence-electron chi connectivity index (χ3n) is 4.50. The van der Waals surface area contributed by atoms with E-state index in [1.165, 1.54) is 12.4 Å². The number of likely N-dealkylation sites (tertiary alicyclic amines) is 1. The summed E-state index contributed by atoms with van der Waals surface area (Å²) in [5.74, 6) is 1.29. The average Bonchev–Trinajstić information content (AvgIpc) is 2.75. The topological polar surface area (TPSA) is 97.6 Å². The molecule has 2 heterocycles. The first kappa shape index (κ1) is 20.4. The Morgan fingerprint density at radius 2 is 1.97 bits per heavy atom. The molecule has 1 fully saturated rings. The molecule has 152 valence electrons. The lowest BCUT2D eigenvalue weighted by Crippen LogP contribution is -2.44. The summed E-state index contributed by atoms with van der Waals surface area (Å²) in [6.45, 7) is 5.84. The molecule has 29 heavy (non-hydrogen) atoms. The van der Waals surface area contributed by atoms with Gasteiger partial charge in [0.05, 0.1) is 19.8 Å². The van der Waals surface area contributed by atoms with E-state index in [0.717, 1.165) is 12.8 Å². The Labute approximate surface area is 170 Å². The van der Waals surface area contributed by atoms with Gasteiger partial charge < -0.3 is 19.1 Å². The molecule has 1 aliphatic heterocycles. The summed E-state index contributed by atoms with van der Waals surface area (Å²) in [5.41, 5.74) is 0.679. The minimum Gasteiger partial charge on any atom is -0.490 e. The second-order valence-corrected chi connectivity index (χ2v) is 6.48. The van der Waals surface area contributed by atoms with Gasteiger partial charge in [-0.3, -0.25) is 4.79 Å². The van der Waals surface area contributed by atoms with Crippen molar-refractivity contribution in [3.63, 3.8) is 0 Å². The van der Waals surface area contributed by atoms with Crippen LogP contribution in [-0.2, 0) is 0 Å². The van der Waals surface area contributed by atoms with Gasteiger partial charge >= 0.3 is 0 Å². The zero-order chi connectivity index (χ0) is 20.6. The van der Waals surface area contributed by atoms with Gasteiger partial charge in [-0.1, -0.05) is 0 Å². The van der Waals surface area contributed by atoms with E-state index >= 15 is 0 Å². The van der Waals surface area contributed by atoms with Gasteiger partial charge in [-0.15, -0.1) is 0 Å². The molecule has 1 saturated heterocycles. The van der Waals surface area contributed by atoms with Gasteiger partial charge in [0.2, 0.25) is 5.69 Å². The van der Waals surface area contributed by atoms with Crippen LogP contribution in [-0.4, -0.2) is 53.2 Å². The molecule has 1 amide bonds. The number of hydrogen-bond donors (Lipinski definition) is 0. The van der Waals surface area contributed by atoms with E-state index in [0.29, 0.717) is 43.4 Å². The first-order valence-corrected chi connectivity index (χ1v) is 9.72. The summed E-state index contributed by atoms with van der Waals surface area (Å²) in [6.07, 6.45) is 4.26. The summed E-state index contributed by atoms with van der Waals surface area (Å²) >= 11 is 0.